The van der Waals surface area contributed by atoms with Crippen LogP contribution in [0.15, 0.2) is 5.38 Å². The lowest BCUT2D eigenvalue weighted by molar-refractivity contribution is -0.116. The molecular weight excluding hydrogens is 274 g/mol. The number of hydrogen-bond acceptors (Lipinski definition) is 5. The van der Waals surface area contributed by atoms with Gasteiger partial charge in [-0.25, -0.2) is 4.98 Å². The quantitative estimate of drug-likeness (QED) is 0.874. The maximum atomic E-state index is 11.5. The molecule has 1 amide bonds. The van der Waals surface area contributed by atoms with E-state index >= 15 is 0 Å². The van der Waals surface area contributed by atoms with E-state index in [1.165, 1.54) is 17.8 Å². The van der Waals surface area contributed by atoms with Gasteiger partial charge in [-0.15, -0.1) is 11.3 Å². The molecule has 6 heteroatoms. The molecule has 1 aliphatic rings. The Hall–Kier alpha value is -0.980. The van der Waals surface area contributed by atoms with Crippen LogP contribution in [0.1, 0.15) is 38.8 Å². The molecule has 1 saturated carbocycles. The number of ether oxygens (including phenoxy) is 1. The summed E-state index contributed by atoms with van der Waals surface area (Å²) in [6.07, 6.45) is 3.82. The number of aromatic nitrogens is 1. The number of rotatable bonds is 6. The summed E-state index contributed by atoms with van der Waals surface area (Å²) in [7, 11) is 1.78. The number of carbonyl (C=O) groups excluding carboxylic acids is 1. The maximum Gasteiger partial charge on any atom is 0.225 e. The molecule has 1 N–H and O–H groups in total. The third-order valence-electron chi connectivity index (χ3n) is 3.77. The summed E-state index contributed by atoms with van der Waals surface area (Å²) >= 11 is 1.52. The summed E-state index contributed by atoms with van der Waals surface area (Å²) in [5.41, 5.74) is 0.992. The Morgan fingerprint density at radius 2 is 2.40 bits per heavy atom. The van der Waals surface area contributed by atoms with Gasteiger partial charge in [-0.1, -0.05) is 0 Å². The van der Waals surface area contributed by atoms with Crippen LogP contribution in [0.4, 0.5) is 5.13 Å². The molecule has 1 aromatic rings. The first-order valence-electron chi connectivity index (χ1n) is 7.14. The van der Waals surface area contributed by atoms with E-state index in [-0.39, 0.29) is 5.91 Å². The molecule has 0 aliphatic heterocycles. The van der Waals surface area contributed by atoms with Crippen LogP contribution in [0.25, 0.3) is 0 Å². The molecule has 0 aromatic carbocycles. The van der Waals surface area contributed by atoms with Crippen molar-refractivity contribution in [3.8, 4) is 0 Å². The molecule has 112 valence electrons. The van der Waals surface area contributed by atoms with Crippen molar-refractivity contribution in [2.75, 3.05) is 18.6 Å². The number of anilines is 1. The average Bonchev–Trinajstić information content (AvgIpc) is 3.05. The molecule has 0 bridgehead atoms. The second-order valence-corrected chi connectivity index (χ2v) is 5.91. The highest BCUT2D eigenvalue weighted by molar-refractivity contribution is 7.14. The lowest BCUT2D eigenvalue weighted by Crippen LogP contribution is -2.36. The fraction of sp³-hybridized carbons (Fsp3) is 0.714. The van der Waals surface area contributed by atoms with Crippen molar-refractivity contribution in [3.63, 3.8) is 0 Å². The van der Waals surface area contributed by atoms with Gasteiger partial charge in [0.05, 0.1) is 11.8 Å². The molecule has 0 saturated heterocycles. The average molecular weight is 297 g/mol. The monoisotopic (exact) mass is 297 g/mol. The molecule has 2 rings (SSSR count). The van der Waals surface area contributed by atoms with E-state index in [0.29, 0.717) is 18.7 Å². The number of carbonyl (C=O) groups is 1. The first-order valence-corrected chi connectivity index (χ1v) is 8.02. The number of thiazole rings is 1. The summed E-state index contributed by atoms with van der Waals surface area (Å²) in [6.45, 7) is 4.92. The van der Waals surface area contributed by atoms with Crippen molar-refractivity contribution in [3.05, 3.63) is 11.1 Å². The van der Waals surface area contributed by atoms with Crippen molar-refractivity contribution < 1.29 is 9.53 Å². The van der Waals surface area contributed by atoms with Gasteiger partial charge >= 0.3 is 0 Å². The van der Waals surface area contributed by atoms with E-state index in [1.54, 1.807) is 18.9 Å². The standard InChI is InChI=1S/C14H23N3O2S/c1-4-17(10(2)18)14-16-11(9-20-14)8-15-12-6-5-7-13(12)19-3/h9,12-13,15H,4-8H2,1-3H3. The molecule has 2 atom stereocenters. The smallest absolute Gasteiger partial charge is 0.225 e. The van der Waals surface area contributed by atoms with Gasteiger partial charge in [0, 0.05) is 38.5 Å². The fourth-order valence-corrected chi connectivity index (χ4v) is 3.60. The van der Waals surface area contributed by atoms with Gasteiger partial charge in [0.2, 0.25) is 5.91 Å². The van der Waals surface area contributed by atoms with E-state index in [0.717, 1.165) is 30.2 Å². The highest BCUT2D eigenvalue weighted by Crippen LogP contribution is 2.23. The highest BCUT2D eigenvalue weighted by atomic mass is 32.1. The fourth-order valence-electron chi connectivity index (χ4n) is 2.67. The van der Waals surface area contributed by atoms with Crippen LogP contribution in [0, 0.1) is 0 Å². The lowest BCUT2D eigenvalue weighted by atomic mass is 10.2. The van der Waals surface area contributed by atoms with Gasteiger partial charge in [0.25, 0.3) is 0 Å². The van der Waals surface area contributed by atoms with E-state index in [4.69, 9.17) is 4.74 Å². The van der Waals surface area contributed by atoms with Crippen LogP contribution in [-0.4, -0.2) is 36.7 Å². The number of methoxy groups -OCH3 is 1. The van der Waals surface area contributed by atoms with Gasteiger partial charge in [-0.3, -0.25) is 9.69 Å². The molecule has 1 aromatic heterocycles. The first-order chi connectivity index (χ1) is 9.65. The van der Waals surface area contributed by atoms with Crippen LogP contribution in [0.5, 0.6) is 0 Å². The number of hydrogen-bond donors (Lipinski definition) is 1. The zero-order valence-corrected chi connectivity index (χ0v) is 13.2. The predicted octanol–water partition coefficient (Wildman–Crippen LogP) is 2.17. The first kappa shape index (κ1) is 15.4. The minimum atomic E-state index is 0.0385. The highest BCUT2D eigenvalue weighted by Gasteiger charge is 2.26. The Bertz CT molecular complexity index is 449. The summed E-state index contributed by atoms with van der Waals surface area (Å²) < 4.78 is 5.47. The second kappa shape index (κ2) is 7.15. The molecular formula is C14H23N3O2S. The summed E-state index contributed by atoms with van der Waals surface area (Å²) in [5, 5.41) is 6.32. The SMILES string of the molecule is CCN(C(C)=O)c1nc(CNC2CCCC2OC)cs1. The Kier molecular flexibility index (Phi) is 5.51. The maximum absolute atomic E-state index is 11.5. The molecule has 0 spiro atoms. The Morgan fingerprint density at radius 3 is 3.05 bits per heavy atom. The van der Waals surface area contributed by atoms with Crippen LogP contribution in [0.2, 0.25) is 0 Å². The summed E-state index contributed by atoms with van der Waals surface area (Å²) in [5.74, 6) is 0.0385. The van der Waals surface area contributed by atoms with E-state index in [2.05, 4.69) is 10.3 Å². The molecule has 1 heterocycles. The van der Waals surface area contributed by atoms with Crippen molar-refractivity contribution in [1.29, 1.82) is 0 Å². The number of amides is 1. The molecule has 0 radical (unpaired) electrons. The predicted molar refractivity (Wildman–Crippen MR) is 81.1 cm³/mol. The molecule has 1 fully saturated rings. The third kappa shape index (κ3) is 3.56. The zero-order valence-electron chi connectivity index (χ0n) is 12.4. The Morgan fingerprint density at radius 1 is 1.60 bits per heavy atom. The normalized spacial score (nSPS) is 22.1. The molecule has 1 aliphatic carbocycles. The van der Waals surface area contributed by atoms with Crippen LogP contribution in [-0.2, 0) is 16.1 Å². The Balaban J connectivity index is 1.91. The lowest BCUT2D eigenvalue weighted by Gasteiger charge is -2.19. The molecule has 2 unspecified atom stereocenters. The number of nitrogens with one attached hydrogen (secondary N) is 1. The topological polar surface area (TPSA) is 54.5 Å². The van der Waals surface area contributed by atoms with Crippen molar-refractivity contribution >= 4 is 22.4 Å². The van der Waals surface area contributed by atoms with Gasteiger partial charge in [0.15, 0.2) is 5.13 Å². The van der Waals surface area contributed by atoms with Crippen molar-refractivity contribution in [2.45, 2.75) is 51.8 Å². The largest absolute Gasteiger partial charge is 0.380 e. The van der Waals surface area contributed by atoms with E-state index in [9.17, 15) is 4.79 Å². The van der Waals surface area contributed by atoms with Crippen molar-refractivity contribution in [1.82, 2.24) is 10.3 Å². The number of nitrogens with zero attached hydrogens (tertiary/aromatic N) is 2. The van der Waals surface area contributed by atoms with Crippen molar-refractivity contribution in [2.24, 2.45) is 0 Å². The summed E-state index contributed by atoms with van der Waals surface area (Å²) in [4.78, 5) is 17.7. The second-order valence-electron chi connectivity index (χ2n) is 5.08. The van der Waals surface area contributed by atoms with E-state index in [1.807, 2.05) is 12.3 Å². The minimum Gasteiger partial charge on any atom is -0.380 e. The van der Waals surface area contributed by atoms with Crippen LogP contribution < -0.4 is 10.2 Å². The third-order valence-corrected chi connectivity index (χ3v) is 4.68. The van der Waals surface area contributed by atoms with Gasteiger partial charge in [-0.2, -0.15) is 0 Å². The van der Waals surface area contributed by atoms with E-state index < -0.39 is 0 Å². The zero-order chi connectivity index (χ0) is 14.5. The van der Waals surface area contributed by atoms with Crippen LogP contribution >= 0.6 is 11.3 Å². The molecule has 20 heavy (non-hydrogen) atoms. The van der Waals surface area contributed by atoms with Gasteiger partial charge < -0.3 is 10.1 Å². The Labute approximate surface area is 124 Å². The summed E-state index contributed by atoms with van der Waals surface area (Å²) in [6, 6.07) is 0.417. The van der Waals surface area contributed by atoms with Crippen LogP contribution in [0.3, 0.4) is 0 Å². The van der Waals surface area contributed by atoms with Gasteiger partial charge in [-0.05, 0) is 26.2 Å². The molecule has 5 nitrogen and oxygen atoms in total. The van der Waals surface area contributed by atoms with Gasteiger partial charge in [0.1, 0.15) is 0 Å². The minimum absolute atomic E-state index is 0.0385.